The van der Waals surface area contributed by atoms with Gasteiger partial charge in [0.1, 0.15) is 0 Å². The highest BCUT2D eigenvalue weighted by atomic mass is 32.2. The van der Waals surface area contributed by atoms with Gasteiger partial charge < -0.3 is 10.1 Å². The summed E-state index contributed by atoms with van der Waals surface area (Å²) in [6.45, 7) is 7.69. The van der Waals surface area contributed by atoms with Crippen molar-refractivity contribution in [3.8, 4) is 0 Å². The third-order valence-electron chi connectivity index (χ3n) is 3.28. The molecule has 1 aliphatic rings. The molecule has 6 heteroatoms. The predicted molar refractivity (Wildman–Crippen MR) is 73.1 cm³/mol. The molecular formula is C12H26N2O3S. The van der Waals surface area contributed by atoms with Gasteiger partial charge in [-0.25, -0.2) is 12.7 Å². The summed E-state index contributed by atoms with van der Waals surface area (Å²) in [5.74, 6) is 0.414. The van der Waals surface area contributed by atoms with Crippen LogP contribution in [0.25, 0.3) is 0 Å². The number of hydrogen-bond acceptors (Lipinski definition) is 4. The Hall–Kier alpha value is -0.170. The van der Waals surface area contributed by atoms with Crippen molar-refractivity contribution in [1.82, 2.24) is 9.62 Å². The summed E-state index contributed by atoms with van der Waals surface area (Å²) >= 11 is 0. The van der Waals surface area contributed by atoms with Crippen LogP contribution in [0.15, 0.2) is 0 Å². The van der Waals surface area contributed by atoms with E-state index in [-0.39, 0.29) is 0 Å². The van der Waals surface area contributed by atoms with Gasteiger partial charge in [-0.05, 0) is 39.2 Å². The molecule has 1 rings (SSSR count). The molecule has 0 amide bonds. The fourth-order valence-electron chi connectivity index (χ4n) is 2.22. The van der Waals surface area contributed by atoms with E-state index in [1.807, 2.05) is 6.92 Å². The molecule has 5 nitrogen and oxygen atoms in total. The molecule has 1 saturated heterocycles. The van der Waals surface area contributed by atoms with Crippen molar-refractivity contribution in [3.05, 3.63) is 0 Å². The van der Waals surface area contributed by atoms with Gasteiger partial charge in [-0.3, -0.25) is 0 Å². The Morgan fingerprint density at radius 3 is 2.83 bits per heavy atom. The van der Waals surface area contributed by atoms with Gasteiger partial charge >= 0.3 is 0 Å². The van der Waals surface area contributed by atoms with Crippen LogP contribution >= 0.6 is 0 Å². The van der Waals surface area contributed by atoms with E-state index < -0.39 is 10.0 Å². The van der Waals surface area contributed by atoms with E-state index in [4.69, 9.17) is 4.74 Å². The molecule has 1 aliphatic heterocycles. The third kappa shape index (κ3) is 5.65. The number of ether oxygens (including phenoxy) is 1. The Bertz CT molecular complexity index is 332. The van der Waals surface area contributed by atoms with Gasteiger partial charge in [0, 0.05) is 25.7 Å². The van der Waals surface area contributed by atoms with Crippen molar-refractivity contribution in [2.24, 2.45) is 5.92 Å². The van der Waals surface area contributed by atoms with Gasteiger partial charge in [0.2, 0.25) is 10.0 Å². The average molecular weight is 278 g/mol. The summed E-state index contributed by atoms with van der Waals surface area (Å²) in [5.41, 5.74) is 0. The van der Waals surface area contributed by atoms with Crippen molar-refractivity contribution in [2.75, 3.05) is 39.1 Å². The highest BCUT2D eigenvalue weighted by molar-refractivity contribution is 7.88. The summed E-state index contributed by atoms with van der Waals surface area (Å²) in [6, 6.07) is 0.318. The zero-order chi connectivity index (χ0) is 13.6. The molecule has 2 unspecified atom stereocenters. The molecule has 0 aromatic rings. The van der Waals surface area contributed by atoms with Crippen molar-refractivity contribution in [3.63, 3.8) is 0 Å². The Kier molecular flexibility index (Phi) is 6.55. The monoisotopic (exact) mass is 278 g/mol. The van der Waals surface area contributed by atoms with E-state index in [0.29, 0.717) is 31.7 Å². The molecule has 1 heterocycles. The van der Waals surface area contributed by atoms with Gasteiger partial charge in [0.25, 0.3) is 0 Å². The van der Waals surface area contributed by atoms with Crippen LogP contribution < -0.4 is 5.32 Å². The van der Waals surface area contributed by atoms with Crippen LogP contribution in [0, 0.1) is 5.92 Å². The molecule has 1 N–H and O–H groups in total. The minimum atomic E-state index is -3.03. The molecule has 2 atom stereocenters. The number of nitrogens with zero attached hydrogens (tertiary/aromatic N) is 1. The van der Waals surface area contributed by atoms with Crippen LogP contribution in [-0.2, 0) is 14.8 Å². The molecule has 0 aromatic heterocycles. The largest absolute Gasteiger partial charge is 0.380 e. The molecule has 1 fully saturated rings. The zero-order valence-corrected chi connectivity index (χ0v) is 12.5. The minimum Gasteiger partial charge on any atom is -0.380 e. The molecule has 0 bridgehead atoms. The fourth-order valence-corrected chi connectivity index (χ4v) is 3.16. The first kappa shape index (κ1) is 15.9. The highest BCUT2D eigenvalue weighted by Gasteiger charge is 2.25. The summed E-state index contributed by atoms with van der Waals surface area (Å²) < 4.78 is 29.9. The van der Waals surface area contributed by atoms with Gasteiger partial charge in [-0.1, -0.05) is 0 Å². The highest BCUT2D eigenvalue weighted by Crippen LogP contribution is 2.18. The number of nitrogens with one attached hydrogen (secondary N) is 1. The lowest BCUT2D eigenvalue weighted by Gasteiger charge is -2.31. The van der Waals surface area contributed by atoms with Crippen LogP contribution in [0.2, 0.25) is 0 Å². The van der Waals surface area contributed by atoms with Gasteiger partial charge in [0.05, 0.1) is 12.9 Å². The fraction of sp³-hybridized carbons (Fsp3) is 1.00. The Morgan fingerprint density at radius 1 is 1.50 bits per heavy atom. The van der Waals surface area contributed by atoms with Gasteiger partial charge in [-0.2, -0.15) is 0 Å². The Morgan fingerprint density at radius 2 is 2.22 bits per heavy atom. The first-order valence-corrected chi connectivity index (χ1v) is 8.54. The van der Waals surface area contributed by atoms with Gasteiger partial charge in [0.15, 0.2) is 0 Å². The predicted octanol–water partition coefficient (Wildman–Crippen LogP) is 0.673. The van der Waals surface area contributed by atoms with Crippen LogP contribution in [0.4, 0.5) is 0 Å². The second-order valence-electron chi connectivity index (χ2n) is 5.10. The molecule has 0 radical (unpaired) electrons. The number of piperidine rings is 1. The Labute approximate surface area is 111 Å². The van der Waals surface area contributed by atoms with Crippen molar-refractivity contribution in [2.45, 2.75) is 32.7 Å². The smallest absolute Gasteiger partial charge is 0.211 e. The van der Waals surface area contributed by atoms with Gasteiger partial charge in [-0.15, -0.1) is 0 Å². The molecule has 108 valence electrons. The standard InChI is InChI=1S/C12H26N2O3S/c1-4-17-10-11(2)13-8-12-6-5-7-14(9-12)18(3,15)16/h11-13H,4-10H2,1-3H3. The lowest BCUT2D eigenvalue weighted by Crippen LogP contribution is -2.44. The summed E-state index contributed by atoms with van der Waals surface area (Å²) in [6.07, 6.45) is 3.35. The number of rotatable bonds is 7. The van der Waals surface area contributed by atoms with E-state index in [1.165, 1.54) is 6.26 Å². The topological polar surface area (TPSA) is 58.6 Å². The lowest BCUT2D eigenvalue weighted by molar-refractivity contribution is 0.124. The van der Waals surface area contributed by atoms with E-state index in [2.05, 4.69) is 12.2 Å². The SMILES string of the molecule is CCOCC(C)NCC1CCCN(S(C)(=O)=O)C1. The molecule has 18 heavy (non-hydrogen) atoms. The molecular weight excluding hydrogens is 252 g/mol. The maximum absolute atomic E-state index is 11.5. The van der Waals surface area contributed by atoms with Crippen molar-refractivity contribution >= 4 is 10.0 Å². The molecule has 0 aromatic carbocycles. The number of sulfonamides is 1. The zero-order valence-electron chi connectivity index (χ0n) is 11.7. The maximum atomic E-state index is 11.5. The summed E-state index contributed by atoms with van der Waals surface area (Å²) in [5, 5.41) is 3.41. The van der Waals surface area contributed by atoms with Crippen LogP contribution in [-0.4, -0.2) is 57.9 Å². The second kappa shape index (κ2) is 7.43. The maximum Gasteiger partial charge on any atom is 0.211 e. The number of hydrogen-bond donors (Lipinski definition) is 1. The minimum absolute atomic E-state index is 0.318. The van der Waals surface area contributed by atoms with E-state index >= 15 is 0 Å². The van der Waals surface area contributed by atoms with E-state index in [1.54, 1.807) is 4.31 Å². The normalized spacial score (nSPS) is 24.1. The average Bonchev–Trinajstić information content (AvgIpc) is 2.33. The molecule has 0 saturated carbocycles. The van der Waals surface area contributed by atoms with Crippen LogP contribution in [0.3, 0.4) is 0 Å². The molecule has 0 aliphatic carbocycles. The van der Waals surface area contributed by atoms with E-state index in [9.17, 15) is 8.42 Å². The lowest BCUT2D eigenvalue weighted by atomic mass is 9.99. The molecule has 0 spiro atoms. The quantitative estimate of drug-likeness (QED) is 0.744. The third-order valence-corrected chi connectivity index (χ3v) is 4.55. The summed E-state index contributed by atoms with van der Waals surface area (Å²) in [7, 11) is -3.03. The first-order chi connectivity index (χ1) is 8.43. The van der Waals surface area contributed by atoms with Crippen molar-refractivity contribution in [1.29, 1.82) is 0 Å². The summed E-state index contributed by atoms with van der Waals surface area (Å²) in [4.78, 5) is 0. The first-order valence-electron chi connectivity index (χ1n) is 6.69. The second-order valence-corrected chi connectivity index (χ2v) is 7.08. The van der Waals surface area contributed by atoms with Crippen molar-refractivity contribution < 1.29 is 13.2 Å². The Balaban J connectivity index is 2.30. The van der Waals surface area contributed by atoms with Crippen LogP contribution in [0.5, 0.6) is 0 Å². The van der Waals surface area contributed by atoms with E-state index in [0.717, 1.165) is 26.0 Å². The van der Waals surface area contributed by atoms with Crippen LogP contribution in [0.1, 0.15) is 26.7 Å².